The molecule has 0 N–H and O–H groups in total. The summed E-state index contributed by atoms with van der Waals surface area (Å²) in [5, 5.41) is 0. The second-order valence-corrected chi connectivity index (χ2v) is 2.29. The number of rotatable bonds is 0. The Morgan fingerprint density at radius 3 is 2.40 bits per heavy atom. The summed E-state index contributed by atoms with van der Waals surface area (Å²) in [7, 11) is 0. The van der Waals surface area contributed by atoms with Crippen LogP contribution in [0.3, 0.4) is 0 Å². The Labute approximate surface area is 88.6 Å². The predicted octanol–water partition coefficient (Wildman–Crippen LogP) is 3.27. The van der Waals surface area contributed by atoms with Crippen LogP contribution in [0.4, 0.5) is 4.39 Å². The minimum absolute atomic E-state index is 0.264. The Hall–Kier alpha value is 0.983. The summed E-state index contributed by atoms with van der Waals surface area (Å²) in [5.74, 6) is -0.264. The van der Waals surface area contributed by atoms with Crippen molar-refractivity contribution in [2.75, 3.05) is 0 Å². The van der Waals surface area contributed by atoms with E-state index in [9.17, 15) is 4.39 Å². The molecule has 0 aromatic heterocycles. The summed E-state index contributed by atoms with van der Waals surface area (Å²) in [6.45, 7) is 0. The zero-order valence-corrected chi connectivity index (χ0v) is 11.8. The predicted molar refractivity (Wildman–Crippen MR) is 47.0 cm³/mol. The molecule has 0 spiro atoms. The van der Waals surface area contributed by atoms with Gasteiger partial charge in [-0.3, -0.25) is 4.39 Å². The quantitative estimate of drug-likeness (QED) is 0.376. The van der Waals surface area contributed by atoms with Crippen LogP contribution in [0.25, 0.3) is 0 Å². The maximum atomic E-state index is 12.1. The molecule has 0 aliphatic rings. The summed E-state index contributed by atoms with van der Waals surface area (Å²) >= 11 is 6.71. The number of benzene rings is 1. The monoisotopic (exact) mass is 364 g/mol. The Morgan fingerprint density at radius 2 is 2.10 bits per heavy atom. The molecule has 0 aliphatic carbocycles. The normalized spacial score (nSPS) is 8.10. The van der Waals surface area contributed by atoms with Gasteiger partial charge in [-0.1, -0.05) is 4.47 Å². The summed E-state index contributed by atoms with van der Waals surface area (Å²) in [6, 6.07) is 6.93. The van der Waals surface area contributed by atoms with Gasteiger partial charge in [0.1, 0.15) is 0 Å². The number of halogens is 3. The molecule has 0 unspecified atom stereocenters. The van der Waals surface area contributed by atoms with Gasteiger partial charge in [0.25, 0.3) is 0 Å². The van der Waals surface area contributed by atoms with E-state index in [-0.39, 0.29) is 5.82 Å². The van der Waals surface area contributed by atoms with Crippen molar-refractivity contribution < 1.29 is 19.2 Å². The molecule has 0 saturated heterocycles. The van der Waals surface area contributed by atoms with Crippen molar-refractivity contribution in [2.45, 2.75) is 0 Å². The van der Waals surface area contributed by atoms with Gasteiger partial charge in [0.05, 0.1) is 0 Å². The third-order valence-electron chi connectivity index (χ3n) is 0.718. The molecular formula is C6H3BrFIZn. The van der Waals surface area contributed by atoms with Crippen molar-refractivity contribution in [1.29, 1.82) is 0 Å². The standard InChI is InChI=1S/C6H3BrF.HI.Zn/c7-5-2-1-3-6(8)4-5;;/h2-4H;1H;/q-1;;+2/p-1. The van der Waals surface area contributed by atoms with Crippen LogP contribution in [0, 0.1) is 11.9 Å². The molecule has 0 bridgehead atoms. The molecule has 0 radical (unpaired) electrons. The molecule has 50 valence electrons. The van der Waals surface area contributed by atoms with Crippen molar-refractivity contribution in [3.63, 3.8) is 0 Å². The molecule has 0 aliphatic heterocycles. The summed E-state index contributed by atoms with van der Waals surface area (Å²) in [6.07, 6.45) is 0. The van der Waals surface area contributed by atoms with E-state index in [1.165, 1.54) is 26.9 Å². The fourth-order valence-corrected chi connectivity index (χ4v) is 0.767. The first-order valence-corrected chi connectivity index (χ1v) is 12.2. The van der Waals surface area contributed by atoms with Gasteiger partial charge in [0.2, 0.25) is 0 Å². The summed E-state index contributed by atoms with van der Waals surface area (Å²) in [4.78, 5) is 0. The summed E-state index contributed by atoms with van der Waals surface area (Å²) < 4.78 is 12.8. The molecule has 1 aromatic rings. The van der Waals surface area contributed by atoms with Gasteiger partial charge in [-0.05, 0) is 0 Å². The molecule has 1 rings (SSSR count). The van der Waals surface area contributed by atoms with Crippen molar-refractivity contribution in [3.05, 3.63) is 34.6 Å². The zero-order valence-electron chi connectivity index (χ0n) is 5.07. The molecule has 4 heteroatoms. The maximum absolute atomic E-state index is 12.1. The van der Waals surface area contributed by atoms with E-state index in [1.54, 1.807) is 6.07 Å². The van der Waals surface area contributed by atoms with Crippen LogP contribution >= 0.6 is 35.7 Å². The van der Waals surface area contributed by atoms with Gasteiger partial charge < -0.3 is 0 Å². The van der Waals surface area contributed by atoms with E-state index in [2.05, 4.69) is 41.7 Å². The van der Waals surface area contributed by atoms with Gasteiger partial charge in [0, 0.05) is 5.82 Å². The topological polar surface area (TPSA) is 0 Å². The van der Waals surface area contributed by atoms with Crippen LogP contribution in [0.5, 0.6) is 0 Å². The second-order valence-electron chi connectivity index (χ2n) is 1.37. The third kappa shape index (κ3) is 4.75. The minimum atomic E-state index is -0.264. The first-order valence-electron chi connectivity index (χ1n) is 2.38. The Bertz CT molecular complexity index is 178. The van der Waals surface area contributed by atoms with E-state index < -0.39 is 0 Å². The van der Waals surface area contributed by atoms with Gasteiger partial charge >= 0.3 is 34.5 Å². The van der Waals surface area contributed by atoms with E-state index in [4.69, 9.17) is 0 Å². The van der Waals surface area contributed by atoms with Gasteiger partial charge in [-0.2, -0.15) is 12.1 Å². The molecule has 1 aromatic carbocycles. The molecule has 0 atom stereocenters. The Kier molecular flexibility index (Phi) is 7.34. The van der Waals surface area contributed by atoms with Crippen LogP contribution in [-0.2, 0) is 14.8 Å². The second kappa shape index (κ2) is 6.68. The SMILES string of the molecule is Fc1c[c-]cc(Br)c1.[Zn+][I]. The average molecular weight is 366 g/mol. The first kappa shape index (κ1) is 11.0. The zero-order chi connectivity index (χ0) is 7.98. The fourth-order valence-electron chi connectivity index (χ4n) is 0.416. The molecule has 0 saturated carbocycles. The van der Waals surface area contributed by atoms with Gasteiger partial charge in [0.15, 0.2) is 0 Å². The Balaban J connectivity index is 0.000000371. The van der Waals surface area contributed by atoms with Gasteiger partial charge in [-0.25, -0.2) is 0 Å². The third-order valence-corrected chi connectivity index (χ3v) is 1.18. The van der Waals surface area contributed by atoms with E-state index in [0.717, 1.165) is 4.47 Å². The molecule has 0 fully saturated rings. The molecule has 0 amide bonds. The number of hydrogen-bond acceptors (Lipinski definition) is 0. The van der Waals surface area contributed by atoms with Crippen LogP contribution in [0.2, 0.25) is 0 Å². The van der Waals surface area contributed by atoms with E-state index in [0.29, 0.717) is 0 Å². The van der Waals surface area contributed by atoms with Crippen LogP contribution < -0.4 is 0 Å². The van der Waals surface area contributed by atoms with Crippen molar-refractivity contribution in [1.82, 2.24) is 0 Å². The molecule has 0 nitrogen and oxygen atoms in total. The molecule has 0 heterocycles. The number of hydrogen-bond donors (Lipinski definition) is 0. The molecular weight excluding hydrogens is 363 g/mol. The Morgan fingerprint density at radius 1 is 1.50 bits per heavy atom. The molecule has 10 heavy (non-hydrogen) atoms. The van der Waals surface area contributed by atoms with Crippen LogP contribution in [0.15, 0.2) is 22.7 Å². The van der Waals surface area contributed by atoms with Crippen LogP contribution in [0.1, 0.15) is 0 Å². The van der Waals surface area contributed by atoms with Crippen LogP contribution in [-0.4, -0.2) is 0 Å². The summed E-state index contributed by atoms with van der Waals surface area (Å²) in [5.41, 5.74) is 0. The van der Waals surface area contributed by atoms with Gasteiger partial charge in [-0.15, -0.1) is 28.1 Å². The van der Waals surface area contributed by atoms with E-state index in [1.807, 2.05) is 0 Å². The van der Waals surface area contributed by atoms with E-state index >= 15 is 0 Å². The van der Waals surface area contributed by atoms with Crippen molar-refractivity contribution >= 4 is 35.7 Å². The fraction of sp³-hybridized carbons (Fsp3) is 0. The van der Waals surface area contributed by atoms with Crippen molar-refractivity contribution in [2.24, 2.45) is 0 Å². The van der Waals surface area contributed by atoms with Crippen molar-refractivity contribution in [3.8, 4) is 0 Å². The first-order chi connectivity index (χ1) is 4.79. The average Bonchev–Trinajstić information content (AvgIpc) is 1.91.